The number of Topliss-reactive ketones (excluding diaryl/α,β-unsaturated/α-hetero) is 1. The van der Waals surface area contributed by atoms with E-state index in [0.29, 0.717) is 16.9 Å². The molecule has 2 unspecified atom stereocenters. The van der Waals surface area contributed by atoms with E-state index in [2.05, 4.69) is 21.2 Å². The van der Waals surface area contributed by atoms with Crippen LogP contribution in [0.1, 0.15) is 53.1 Å². The Morgan fingerprint density at radius 2 is 1.85 bits per heavy atom. The van der Waals surface area contributed by atoms with Crippen LogP contribution < -0.4 is 10.1 Å². The summed E-state index contributed by atoms with van der Waals surface area (Å²) in [5, 5.41) is 13.6. The first-order chi connectivity index (χ1) is 12.6. The zero-order valence-electron chi connectivity index (χ0n) is 15.0. The summed E-state index contributed by atoms with van der Waals surface area (Å²) in [6.07, 6.45) is -1.06. The molecule has 27 heavy (non-hydrogen) atoms. The van der Waals surface area contributed by atoms with Crippen LogP contribution in [-0.2, 0) is 0 Å². The number of aliphatic hydroxyl groups is 1. The minimum absolute atomic E-state index is 0.135. The number of aliphatic hydroxyl groups excluding tert-OH is 1. The van der Waals surface area contributed by atoms with E-state index in [4.69, 9.17) is 4.74 Å². The van der Waals surface area contributed by atoms with Crippen LogP contribution in [0.25, 0.3) is 0 Å². The average Bonchev–Trinajstić information content (AvgIpc) is 2.60. The standard InChI is InChI=1S/C20H19BrFNO4/c1-10(24)11-5-7-16-13(8-11)17(18(25)20(2,3)27-16)23-19(26)12-4-6-15(22)14(21)9-12/h4-9,17-18,25H,1-3H3,(H,23,26). The molecular weight excluding hydrogens is 417 g/mol. The van der Waals surface area contributed by atoms with Crippen LogP contribution in [0, 0.1) is 5.82 Å². The molecule has 1 aliphatic rings. The second-order valence-electron chi connectivity index (χ2n) is 7.04. The molecule has 2 atom stereocenters. The number of hydrogen-bond donors (Lipinski definition) is 2. The van der Waals surface area contributed by atoms with E-state index in [1.807, 2.05) is 0 Å². The molecule has 142 valence electrons. The van der Waals surface area contributed by atoms with Gasteiger partial charge in [0, 0.05) is 16.7 Å². The van der Waals surface area contributed by atoms with E-state index in [9.17, 15) is 19.1 Å². The fourth-order valence-electron chi connectivity index (χ4n) is 3.04. The highest BCUT2D eigenvalue weighted by atomic mass is 79.9. The lowest BCUT2D eigenvalue weighted by atomic mass is 9.85. The maximum atomic E-state index is 13.4. The second kappa shape index (κ2) is 7.05. The second-order valence-corrected chi connectivity index (χ2v) is 7.89. The largest absolute Gasteiger partial charge is 0.485 e. The molecule has 0 aliphatic carbocycles. The van der Waals surface area contributed by atoms with Gasteiger partial charge in [0.1, 0.15) is 23.3 Å². The molecule has 0 saturated heterocycles. The lowest BCUT2D eigenvalue weighted by molar-refractivity contribution is -0.0627. The number of hydrogen-bond acceptors (Lipinski definition) is 4. The van der Waals surface area contributed by atoms with Crippen LogP contribution in [0.5, 0.6) is 5.75 Å². The summed E-state index contributed by atoms with van der Waals surface area (Å²) in [6, 6.07) is 8.04. The van der Waals surface area contributed by atoms with Crippen LogP contribution >= 0.6 is 15.9 Å². The lowest BCUT2D eigenvalue weighted by Gasteiger charge is -2.42. The molecular formula is C20H19BrFNO4. The first-order valence-corrected chi connectivity index (χ1v) is 9.17. The summed E-state index contributed by atoms with van der Waals surface area (Å²) in [5.41, 5.74) is 0.257. The average molecular weight is 436 g/mol. The smallest absolute Gasteiger partial charge is 0.251 e. The molecule has 0 bridgehead atoms. The summed E-state index contributed by atoms with van der Waals surface area (Å²) in [4.78, 5) is 24.4. The summed E-state index contributed by atoms with van der Waals surface area (Å²) >= 11 is 3.06. The maximum Gasteiger partial charge on any atom is 0.251 e. The third-order valence-corrected chi connectivity index (χ3v) is 5.23. The molecule has 0 radical (unpaired) electrons. The number of nitrogens with one attached hydrogen (secondary N) is 1. The molecule has 0 aromatic heterocycles. The number of amides is 1. The number of fused-ring (bicyclic) bond motifs is 1. The Labute approximate surface area is 164 Å². The van der Waals surface area contributed by atoms with Gasteiger partial charge in [0.05, 0.1) is 10.5 Å². The summed E-state index contributed by atoms with van der Waals surface area (Å²) in [7, 11) is 0. The third-order valence-electron chi connectivity index (χ3n) is 4.62. The van der Waals surface area contributed by atoms with Gasteiger partial charge in [-0.15, -0.1) is 0 Å². The van der Waals surface area contributed by atoms with Crippen molar-refractivity contribution in [3.05, 3.63) is 63.4 Å². The predicted molar refractivity (Wildman–Crippen MR) is 101 cm³/mol. The van der Waals surface area contributed by atoms with Crippen LogP contribution in [-0.4, -0.2) is 28.5 Å². The molecule has 1 aliphatic heterocycles. The Morgan fingerprint density at radius 3 is 2.48 bits per heavy atom. The van der Waals surface area contributed by atoms with Gasteiger partial charge in [0.15, 0.2) is 5.78 Å². The van der Waals surface area contributed by atoms with Gasteiger partial charge >= 0.3 is 0 Å². The van der Waals surface area contributed by atoms with Crippen molar-refractivity contribution < 1.29 is 23.8 Å². The van der Waals surface area contributed by atoms with Crippen LogP contribution in [0.3, 0.4) is 0 Å². The normalized spacial score (nSPS) is 20.4. The Morgan fingerprint density at radius 1 is 1.19 bits per heavy atom. The van der Waals surface area contributed by atoms with E-state index in [-0.39, 0.29) is 15.8 Å². The minimum Gasteiger partial charge on any atom is -0.485 e. The Hall–Kier alpha value is -2.25. The van der Waals surface area contributed by atoms with Gasteiger partial charge in [-0.3, -0.25) is 9.59 Å². The van der Waals surface area contributed by atoms with Crippen molar-refractivity contribution in [1.82, 2.24) is 5.32 Å². The van der Waals surface area contributed by atoms with Crippen molar-refractivity contribution in [1.29, 1.82) is 0 Å². The van der Waals surface area contributed by atoms with E-state index < -0.39 is 29.5 Å². The number of ketones is 1. The van der Waals surface area contributed by atoms with E-state index in [1.165, 1.54) is 25.1 Å². The highest BCUT2D eigenvalue weighted by Gasteiger charge is 2.43. The predicted octanol–water partition coefficient (Wildman–Crippen LogP) is 3.79. The Bertz CT molecular complexity index is 928. The van der Waals surface area contributed by atoms with Crippen LogP contribution in [0.4, 0.5) is 4.39 Å². The van der Waals surface area contributed by atoms with Crippen molar-refractivity contribution in [2.24, 2.45) is 0 Å². The molecule has 0 spiro atoms. The number of rotatable bonds is 3. The molecule has 1 heterocycles. The number of carbonyl (C=O) groups is 2. The van der Waals surface area contributed by atoms with Crippen molar-refractivity contribution in [2.45, 2.75) is 38.5 Å². The van der Waals surface area contributed by atoms with Gasteiger partial charge < -0.3 is 15.2 Å². The van der Waals surface area contributed by atoms with Crippen LogP contribution in [0.15, 0.2) is 40.9 Å². The molecule has 0 fully saturated rings. The summed E-state index contributed by atoms with van der Waals surface area (Å²) in [6.45, 7) is 4.87. The molecule has 2 aromatic carbocycles. The first-order valence-electron chi connectivity index (χ1n) is 8.38. The van der Waals surface area contributed by atoms with Crippen molar-refractivity contribution in [3.63, 3.8) is 0 Å². The zero-order valence-corrected chi connectivity index (χ0v) is 16.6. The quantitative estimate of drug-likeness (QED) is 0.718. The molecule has 2 N–H and O–H groups in total. The van der Waals surface area contributed by atoms with E-state index in [1.54, 1.807) is 32.0 Å². The first kappa shape index (κ1) is 19.5. The van der Waals surface area contributed by atoms with E-state index in [0.717, 1.165) is 0 Å². The number of halogens is 2. The maximum absolute atomic E-state index is 13.4. The molecule has 7 heteroatoms. The number of benzene rings is 2. The van der Waals surface area contributed by atoms with Gasteiger partial charge in [-0.1, -0.05) is 0 Å². The van der Waals surface area contributed by atoms with Gasteiger partial charge in [-0.25, -0.2) is 4.39 Å². The van der Waals surface area contributed by atoms with E-state index >= 15 is 0 Å². The number of carbonyl (C=O) groups excluding carboxylic acids is 2. The van der Waals surface area contributed by atoms with Crippen molar-refractivity contribution >= 4 is 27.6 Å². The highest BCUT2D eigenvalue weighted by molar-refractivity contribution is 9.10. The van der Waals surface area contributed by atoms with Gasteiger partial charge in [0.2, 0.25) is 0 Å². The lowest BCUT2D eigenvalue weighted by Crippen LogP contribution is -2.53. The molecule has 2 aromatic rings. The Balaban J connectivity index is 2.00. The third kappa shape index (κ3) is 3.75. The summed E-state index contributed by atoms with van der Waals surface area (Å²) < 4.78 is 19.5. The Kier molecular flexibility index (Phi) is 5.10. The summed E-state index contributed by atoms with van der Waals surface area (Å²) in [5.74, 6) is -0.600. The highest BCUT2D eigenvalue weighted by Crippen LogP contribution is 2.40. The molecule has 1 amide bonds. The zero-order chi connectivity index (χ0) is 19.9. The monoisotopic (exact) mass is 435 g/mol. The minimum atomic E-state index is -1.06. The van der Waals surface area contributed by atoms with Gasteiger partial charge in [0.25, 0.3) is 5.91 Å². The molecule has 3 rings (SSSR count). The van der Waals surface area contributed by atoms with Crippen molar-refractivity contribution in [2.75, 3.05) is 0 Å². The molecule has 5 nitrogen and oxygen atoms in total. The fourth-order valence-corrected chi connectivity index (χ4v) is 3.42. The molecule has 0 saturated carbocycles. The fraction of sp³-hybridized carbons (Fsp3) is 0.300. The van der Waals surface area contributed by atoms with Gasteiger partial charge in [-0.2, -0.15) is 0 Å². The van der Waals surface area contributed by atoms with Crippen molar-refractivity contribution in [3.8, 4) is 5.75 Å². The van der Waals surface area contributed by atoms with Crippen LogP contribution in [0.2, 0.25) is 0 Å². The van der Waals surface area contributed by atoms with Gasteiger partial charge in [-0.05, 0) is 73.1 Å². The SMILES string of the molecule is CC(=O)c1ccc2c(c1)C(NC(=O)c1ccc(F)c(Br)c1)C(O)C(C)(C)O2. The topological polar surface area (TPSA) is 75.6 Å². The number of ether oxygens (including phenoxy) is 1.